The number of aliphatic hydroxyl groups is 2. The Balaban J connectivity index is 1.47. The Morgan fingerprint density at radius 3 is 2.29 bits per heavy atom. The van der Waals surface area contributed by atoms with Crippen LogP contribution in [-0.4, -0.2) is 39.9 Å². The minimum atomic E-state index is -0.432. The second-order valence-corrected chi connectivity index (χ2v) is 14.6. The van der Waals surface area contributed by atoms with Gasteiger partial charge in [0.1, 0.15) is 11.9 Å². The number of hydrogen-bond acceptors (Lipinski definition) is 4. The van der Waals surface area contributed by atoms with E-state index in [0.717, 1.165) is 44.9 Å². The summed E-state index contributed by atoms with van der Waals surface area (Å²) in [7, 11) is 0. The summed E-state index contributed by atoms with van der Waals surface area (Å²) in [4.78, 5) is 12.9. The molecular weight excluding hydrogens is 424 g/mol. The molecule has 34 heavy (non-hydrogen) atoms. The molecule has 0 aromatic heterocycles. The average molecular weight is 473 g/mol. The Bertz CT molecular complexity index is 917. The first-order valence-electron chi connectivity index (χ1n) is 13.9. The molecule has 5 aliphatic rings. The maximum absolute atomic E-state index is 12.9. The number of allylic oxidation sites excluding steroid dienone is 1. The Morgan fingerprint density at radius 1 is 1.03 bits per heavy atom. The number of rotatable bonds is 4. The minimum absolute atomic E-state index is 0.00216. The highest BCUT2D eigenvalue weighted by Gasteiger charge is 2.69. The van der Waals surface area contributed by atoms with Crippen molar-refractivity contribution in [1.29, 1.82) is 0 Å². The van der Waals surface area contributed by atoms with Crippen LogP contribution in [0.1, 0.15) is 107 Å². The van der Waals surface area contributed by atoms with Crippen molar-refractivity contribution in [1.82, 2.24) is 0 Å². The molecule has 3 saturated carbocycles. The topological polar surface area (TPSA) is 70.1 Å². The van der Waals surface area contributed by atoms with Gasteiger partial charge in [-0.25, -0.2) is 0 Å². The van der Waals surface area contributed by atoms with E-state index in [1.165, 1.54) is 11.1 Å². The van der Waals surface area contributed by atoms with Gasteiger partial charge < -0.3 is 14.9 Å². The molecule has 5 rings (SSSR count). The van der Waals surface area contributed by atoms with Crippen LogP contribution in [0.5, 0.6) is 0 Å². The van der Waals surface area contributed by atoms with Crippen LogP contribution in [0.25, 0.3) is 0 Å². The van der Waals surface area contributed by atoms with Crippen LogP contribution in [-0.2, 0) is 9.53 Å². The summed E-state index contributed by atoms with van der Waals surface area (Å²) in [5.74, 6) is 1.28. The van der Waals surface area contributed by atoms with Gasteiger partial charge in [0.2, 0.25) is 0 Å². The molecule has 4 aliphatic carbocycles. The molecular formula is C30H48O4. The number of ether oxygens (including phenoxy) is 1. The minimum Gasteiger partial charge on any atom is -0.392 e. The summed E-state index contributed by atoms with van der Waals surface area (Å²) in [5.41, 5.74) is 2.59. The summed E-state index contributed by atoms with van der Waals surface area (Å²) < 4.78 is 5.72. The van der Waals surface area contributed by atoms with Gasteiger partial charge in [-0.15, -0.1) is 0 Å². The van der Waals surface area contributed by atoms with Gasteiger partial charge >= 0.3 is 0 Å². The van der Waals surface area contributed by atoms with E-state index >= 15 is 0 Å². The highest BCUT2D eigenvalue weighted by Crippen LogP contribution is 2.74. The molecule has 0 aromatic carbocycles. The van der Waals surface area contributed by atoms with Crippen molar-refractivity contribution in [3.63, 3.8) is 0 Å². The molecule has 4 nitrogen and oxygen atoms in total. The fourth-order valence-corrected chi connectivity index (χ4v) is 10.1. The molecule has 1 saturated heterocycles. The maximum Gasteiger partial charge on any atom is 0.138 e. The van der Waals surface area contributed by atoms with E-state index in [2.05, 4.69) is 55.4 Å². The molecule has 1 aliphatic heterocycles. The van der Waals surface area contributed by atoms with E-state index in [1.54, 1.807) is 0 Å². The third kappa shape index (κ3) is 3.16. The molecule has 4 fully saturated rings. The van der Waals surface area contributed by atoms with Gasteiger partial charge in [0, 0.05) is 11.8 Å². The van der Waals surface area contributed by atoms with Crippen molar-refractivity contribution in [2.45, 2.75) is 131 Å². The van der Waals surface area contributed by atoms with E-state index in [9.17, 15) is 15.0 Å². The number of fused-ring (bicyclic) bond motifs is 5. The molecule has 0 amide bonds. The zero-order chi connectivity index (χ0) is 25.1. The summed E-state index contributed by atoms with van der Waals surface area (Å²) >= 11 is 0. The SMILES string of the molecule is C[C@@H](C[C@@H](O)[C@@H]1OC1(C)C)C1=C2C[C@@H](O)[C@@H]3[C@]4(C)CCC(=O)C(C)(C)[C@H]4CC[C@@]3(C)[C@]2(C)CC1. The van der Waals surface area contributed by atoms with Gasteiger partial charge in [0.05, 0.1) is 17.8 Å². The van der Waals surface area contributed by atoms with Crippen molar-refractivity contribution >= 4 is 5.78 Å². The number of carbonyl (C=O) groups is 1. The normalized spacial score (nSPS) is 48.6. The summed E-state index contributed by atoms with van der Waals surface area (Å²) in [5, 5.41) is 22.6. The lowest BCUT2D eigenvalue weighted by Gasteiger charge is -2.69. The van der Waals surface area contributed by atoms with Gasteiger partial charge in [-0.05, 0) is 92.8 Å². The zero-order valence-electron chi connectivity index (χ0n) is 22.8. The first-order chi connectivity index (χ1) is 15.6. The van der Waals surface area contributed by atoms with E-state index in [4.69, 9.17) is 4.74 Å². The van der Waals surface area contributed by atoms with Crippen molar-refractivity contribution in [3.8, 4) is 0 Å². The standard InChI is InChI=1S/C30H48O4/c1-17(15-21(32)25-27(4,5)34-25)18-9-13-29(7)19(18)16-20(31)24-28(6)12-11-23(33)26(2,3)22(28)10-14-30(24,29)8/h17,20-22,24-25,31-32H,9-16H2,1-8H3/t17-,20+,21+,22+,24+,25-,28+,29+,30+/m0/s1. The van der Waals surface area contributed by atoms with Gasteiger partial charge in [-0.3, -0.25) is 4.79 Å². The van der Waals surface area contributed by atoms with Crippen molar-refractivity contribution < 1.29 is 19.7 Å². The Hall–Kier alpha value is -0.710. The number of aliphatic hydroxyl groups excluding tert-OH is 2. The first kappa shape index (κ1) is 25.0. The predicted octanol–water partition coefficient (Wildman–Crippen LogP) is 5.84. The fraction of sp³-hybridized carbons (Fsp3) is 0.900. The van der Waals surface area contributed by atoms with Crippen LogP contribution in [0.3, 0.4) is 0 Å². The van der Waals surface area contributed by atoms with Crippen molar-refractivity contribution in [3.05, 3.63) is 11.1 Å². The molecule has 0 spiro atoms. The van der Waals surface area contributed by atoms with Gasteiger partial charge in [-0.1, -0.05) is 52.7 Å². The summed E-state index contributed by atoms with van der Waals surface area (Å²) in [6.07, 6.45) is 6.59. The number of Topliss-reactive ketones (excluding diaryl/α,β-unsaturated/α-hetero) is 1. The van der Waals surface area contributed by atoms with Crippen LogP contribution >= 0.6 is 0 Å². The molecule has 0 aromatic rings. The highest BCUT2D eigenvalue weighted by atomic mass is 16.6. The zero-order valence-corrected chi connectivity index (χ0v) is 22.8. The van der Waals surface area contributed by atoms with Gasteiger partial charge in [0.25, 0.3) is 0 Å². The summed E-state index contributed by atoms with van der Waals surface area (Å²) in [6.45, 7) is 18.0. The fourth-order valence-electron chi connectivity index (χ4n) is 10.1. The van der Waals surface area contributed by atoms with Crippen LogP contribution < -0.4 is 0 Å². The molecule has 0 bridgehead atoms. The van der Waals surface area contributed by atoms with Gasteiger partial charge in [0.15, 0.2) is 0 Å². The second-order valence-electron chi connectivity index (χ2n) is 14.6. The van der Waals surface area contributed by atoms with E-state index in [-0.39, 0.29) is 45.4 Å². The monoisotopic (exact) mass is 472 g/mol. The highest BCUT2D eigenvalue weighted by molar-refractivity contribution is 5.85. The largest absolute Gasteiger partial charge is 0.392 e. The quantitative estimate of drug-likeness (QED) is 0.398. The number of hydrogen-bond donors (Lipinski definition) is 2. The second kappa shape index (κ2) is 7.42. The van der Waals surface area contributed by atoms with Crippen LogP contribution in [0, 0.1) is 39.4 Å². The van der Waals surface area contributed by atoms with Crippen LogP contribution in [0.15, 0.2) is 11.1 Å². The lowest BCUT2D eigenvalue weighted by molar-refractivity contribution is -0.208. The molecule has 0 unspecified atom stereocenters. The van der Waals surface area contributed by atoms with E-state index < -0.39 is 6.10 Å². The molecule has 1 heterocycles. The van der Waals surface area contributed by atoms with Crippen molar-refractivity contribution in [2.24, 2.45) is 39.4 Å². The number of epoxide rings is 1. The average Bonchev–Trinajstić information content (AvgIpc) is 3.23. The summed E-state index contributed by atoms with van der Waals surface area (Å²) in [6, 6.07) is 0. The first-order valence-corrected chi connectivity index (χ1v) is 13.9. The molecule has 0 radical (unpaired) electrons. The van der Waals surface area contributed by atoms with E-state index in [1.807, 2.05) is 0 Å². The molecule has 4 heteroatoms. The Morgan fingerprint density at radius 2 is 1.68 bits per heavy atom. The number of carbonyl (C=O) groups excluding carboxylic acids is 1. The van der Waals surface area contributed by atoms with Crippen LogP contribution in [0.2, 0.25) is 0 Å². The lowest BCUT2D eigenvalue weighted by atomic mass is 9.36. The maximum atomic E-state index is 12.9. The Kier molecular flexibility index (Phi) is 5.44. The predicted molar refractivity (Wildman–Crippen MR) is 134 cm³/mol. The lowest BCUT2D eigenvalue weighted by Crippen LogP contribution is -2.65. The smallest absolute Gasteiger partial charge is 0.138 e. The molecule has 192 valence electrons. The third-order valence-electron chi connectivity index (χ3n) is 12.2. The molecule has 2 N–H and O–H groups in total. The number of ketones is 1. The third-order valence-corrected chi connectivity index (χ3v) is 12.2. The van der Waals surface area contributed by atoms with Crippen molar-refractivity contribution in [2.75, 3.05) is 0 Å². The Labute approximate surface area is 206 Å². The van der Waals surface area contributed by atoms with Gasteiger partial charge in [-0.2, -0.15) is 0 Å². The molecule has 9 atom stereocenters. The van der Waals surface area contributed by atoms with Crippen LogP contribution in [0.4, 0.5) is 0 Å². The van der Waals surface area contributed by atoms with E-state index in [0.29, 0.717) is 24.0 Å².